The van der Waals surface area contributed by atoms with Gasteiger partial charge in [-0.2, -0.15) is 0 Å². The molecule has 0 aliphatic heterocycles. The SMILES string of the molecule is COCCC(=O)N(CCCC(=O)O)Cc1ccccc1. The van der Waals surface area contributed by atoms with E-state index in [0.717, 1.165) is 5.56 Å². The van der Waals surface area contributed by atoms with E-state index in [1.807, 2.05) is 30.3 Å². The molecule has 0 saturated carbocycles. The van der Waals surface area contributed by atoms with E-state index in [4.69, 9.17) is 9.84 Å². The molecule has 0 spiro atoms. The van der Waals surface area contributed by atoms with E-state index in [1.54, 1.807) is 12.0 Å². The minimum atomic E-state index is -0.839. The van der Waals surface area contributed by atoms with Crippen molar-refractivity contribution in [1.29, 1.82) is 0 Å². The Balaban J connectivity index is 2.58. The summed E-state index contributed by atoms with van der Waals surface area (Å²) in [5.41, 5.74) is 1.04. The second-order valence-electron chi connectivity index (χ2n) is 4.54. The zero-order valence-corrected chi connectivity index (χ0v) is 11.7. The summed E-state index contributed by atoms with van der Waals surface area (Å²) in [6.45, 7) is 1.33. The van der Waals surface area contributed by atoms with Gasteiger partial charge in [-0.25, -0.2) is 0 Å². The number of benzene rings is 1. The van der Waals surface area contributed by atoms with Gasteiger partial charge in [-0.1, -0.05) is 30.3 Å². The highest BCUT2D eigenvalue weighted by Crippen LogP contribution is 2.08. The van der Waals surface area contributed by atoms with Gasteiger partial charge in [0.15, 0.2) is 0 Å². The van der Waals surface area contributed by atoms with Gasteiger partial charge in [0.1, 0.15) is 0 Å². The number of carboxylic acids is 1. The molecule has 5 heteroatoms. The minimum absolute atomic E-state index is 0.0129. The second-order valence-corrected chi connectivity index (χ2v) is 4.54. The predicted octanol–water partition coefficient (Wildman–Crippen LogP) is 1.92. The van der Waals surface area contributed by atoms with Crippen molar-refractivity contribution in [3.05, 3.63) is 35.9 Å². The van der Waals surface area contributed by atoms with Crippen molar-refractivity contribution in [2.24, 2.45) is 0 Å². The van der Waals surface area contributed by atoms with Gasteiger partial charge in [-0.15, -0.1) is 0 Å². The van der Waals surface area contributed by atoms with Gasteiger partial charge in [-0.3, -0.25) is 9.59 Å². The summed E-state index contributed by atoms with van der Waals surface area (Å²) < 4.78 is 4.91. The number of ether oxygens (including phenoxy) is 1. The molecule has 0 bridgehead atoms. The number of aliphatic carboxylic acids is 1. The summed E-state index contributed by atoms with van der Waals surface area (Å²) in [4.78, 5) is 24.3. The molecule has 110 valence electrons. The number of hydrogen-bond acceptors (Lipinski definition) is 3. The largest absolute Gasteiger partial charge is 0.481 e. The fourth-order valence-corrected chi connectivity index (χ4v) is 1.86. The monoisotopic (exact) mass is 279 g/mol. The van der Waals surface area contributed by atoms with E-state index in [1.165, 1.54) is 0 Å². The maximum Gasteiger partial charge on any atom is 0.303 e. The molecule has 0 atom stereocenters. The Kier molecular flexibility index (Phi) is 7.35. The molecule has 1 aromatic carbocycles. The van der Waals surface area contributed by atoms with Gasteiger partial charge in [0, 0.05) is 26.6 Å². The molecule has 1 N–H and O–H groups in total. The van der Waals surface area contributed by atoms with Crippen molar-refractivity contribution in [3.63, 3.8) is 0 Å². The molecule has 0 saturated heterocycles. The highest BCUT2D eigenvalue weighted by Gasteiger charge is 2.14. The van der Waals surface area contributed by atoms with E-state index in [9.17, 15) is 9.59 Å². The topological polar surface area (TPSA) is 66.8 Å². The molecular formula is C15H21NO4. The second kappa shape index (κ2) is 9.09. The third-order valence-electron chi connectivity index (χ3n) is 2.91. The molecule has 5 nitrogen and oxygen atoms in total. The quantitative estimate of drug-likeness (QED) is 0.750. The zero-order valence-electron chi connectivity index (χ0n) is 11.7. The third-order valence-corrected chi connectivity index (χ3v) is 2.91. The van der Waals surface area contributed by atoms with Crippen molar-refractivity contribution in [3.8, 4) is 0 Å². The van der Waals surface area contributed by atoms with Crippen LogP contribution in [0.1, 0.15) is 24.8 Å². The first-order valence-electron chi connectivity index (χ1n) is 6.66. The maximum atomic E-state index is 12.1. The van der Waals surface area contributed by atoms with Gasteiger partial charge in [-0.05, 0) is 12.0 Å². The summed E-state index contributed by atoms with van der Waals surface area (Å²) in [5, 5.41) is 8.67. The van der Waals surface area contributed by atoms with E-state index < -0.39 is 5.97 Å². The first-order chi connectivity index (χ1) is 9.63. The molecule has 0 aliphatic carbocycles. The van der Waals surface area contributed by atoms with Crippen molar-refractivity contribution in [1.82, 2.24) is 4.90 Å². The van der Waals surface area contributed by atoms with Gasteiger partial charge in [0.2, 0.25) is 5.91 Å². The number of carbonyl (C=O) groups is 2. The smallest absolute Gasteiger partial charge is 0.303 e. The van der Waals surface area contributed by atoms with Crippen LogP contribution in [-0.2, 0) is 20.9 Å². The number of hydrogen-bond donors (Lipinski definition) is 1. The van der Waals surface area contributed by atoms with Crippen LogP contribution < -0.4 is 0 Å². The fraction of sp³-hybridized carbons (Fsp3) is 0.467. The van der Waals surface area contributed by atoms with E-state index in [0.29, 0.717) is 32.5 Å². The Bertz CT molecular complexity index is 419. The summed E-state index contributed by atoms with van der Waals surface area (Å²) in [7, 11) is 1.55. The van der Waals surface area contributed by atoms with Crippen LogP contribution in [0.25, 0.3) is 0 Å². The van der Waals surface area contributed by atoms with E-state index in [2.05, 4.69) is 0 Å². The Labute approximate surface area is 119 Å². The highest BCUT2D eigenvalue weighted by atomic mass is 16.5. The third kappa shape index (κ3) is 6.33. The Morgan fingerprint density at radius 3 is 2.50 bits per heavy atom. The molecule has 1 aromatic rings. The number of rotatable bonds is 9. The normalized spacial score (nSPS) is 10.2. The Morgan fingerprint density at radius 1 is 1.20 bits per heavy atom. The summed E-state index contributed by atoms with van der Waals surface area (Å²) in [6.07, 6.45) is 0.847. The fourth-order valence-electron chi connectivity index (χ4n) is 1.86. The number of carbonyl (C=O) groups excluding carboxylic acids is 1. The molecule has 1 rings (SSSR count). The van der Waals surface area contributed by atoms with Crippen molar-refractivity contribution in [2.75, 3.05) is 20.3 Å². The number of methoxy groups -OCH3 is 1. The molecule has 0 aromatic heterocycles. The van der Waals surface area contributed by atoms with Crippen molar-refractivity contribution < 1.29 is 19.4 Å². The molecule has 0 fully saturated rings. The molecule has 1 amide bonds. The van der Waals surface area contributed by atoms with Crippen LogP contribution in [0.4, 0.5) is 0 Å². The Hall–Kier alpha value is -1.88. The van der Waals surface area contributed by atoms with Crippen LogP contribution in [0.2, 0.25) is 0 Å². The number of amides is 1. The van der Waals surface area contributed by atoms with Crippen LogP contribution in [0.3, 0.4) is 0 Å². The van der Waals surface area contributed by atoms with Crippen LogP contribution in [-0.4, -0.2) is 42.1 Å². The lowest BCUT2D eigenvalue weighted by molar-refractivity contribution is -0.138. The Morgan fingerprint density at radius 2 is 1.90 bits per heavy atom. The van der Waals surface area contributed by atoms with Crippen LogP contribution in [0.15, 0.2) is 30.3 Å². The molecule has 0 heterocycles. The standard InChI is InChI=1S/C15H21NO4/c1-20-11-9-14(17)16(10-5-8-15(18)19)12-13-6-3-2-4-7-13/h2-4,6-7H,5,8-12H2,1H3,(H,18,19). The molecule has 0 aliphatic rings. The maximum absolute atomic E-state index is 12.1. The van der Waals surface area contributed by atoms with Crippen LogP contribution >= 0.6 is 0 Å². The van der Waals surface area contributed by atoms with Crippen molar-refractivity contribution >= 4 is 11.9 Å². The lowest BCUT2D eigenvalue weighted by Gasteiger charge is -2.22. The van der Waals surface area contributed by atoms with E-state index >= 15 is 0 Å². The van der Waals surface area contributed by atoms with Gasteiger partial charge >= 0.3 is 5.97 Å². The number of nitrogens with zero attached hydrogens (tertiary/aromatic N) is 1. The summed E-state index contributed by atoms with van der Waals surface area (Å²) in [6, 6.07) is 9.67. The van der Waals surface area contributed by atoms with Crippen molar-refractivity contribution in [2.45, 2.75) is 25.8 Å². The zero-order chi connectivity index (χ0) is 14.8. The van der Waals surface area contributed by atoms with E-state index in [-0.39, 0.29) is 12.3 Å². The molecular weight excluding hydrogens is 258 g/mol. The predicted molar refractivity (Wildman–Crippen MR) is 75.2 cm³/mol. The summed E-state index contributed by atoms with van der Waals surface area (Å²) >= 11 is 0. The molecule has 0 unspecified atom stereocenters. The average molecular weight is 279 g/mol. The first kappa shape index (κ1) is 16.2. The lowest BCUT2D eigenvalue weighted by Crippen LogP contribution is -2.32. The highest BCUT2D eigenvalue weighted by molar-refractivity contribution is 5.76. The first-order valence-corrected chi connectivity index (χ1v) is 6.66. The van der Waals surface area contributed by atoms with Crippen LogP contribution in [0, 0.1) is 0 Å². The van der Waals surface area contributed by atoms with Gasteiger partial charge in [0.25, 0.3) is 0 Å². The molecule has 0 radical (unpaired) electrons. The van der Waals surface area contributed by atoms with Gasteiger partial charge in [0.05, 0.1) is 13.0 Å². The average Bonchev–Trinajstić information content (AvgIpc) is 2.44. The van der Waals surface area contributed by atoms with Gasteiger partial charge < -0.3 is 14.7 Å². The molecule has 20 heavy (non-hydrogen) atoms. The lowest BCUT2D eigenvalue weighted by atomic mass is 10.2. The number of carboxylic acid groups (broad SMARTS) is 1. The minimum Gasteiger partial charge on any atom is -0.481 e. The van der Waals surface area contributed by atoms with Crippen LogP contribution in [0.5, 0.6) is 0 Å². The summed E-state index contributed by atoms with van der Waals surface area (Å²) in [5.74, 6) is -0.852.